The summed E-state index contributed by atoms with van der Waals surface area (Å²) in [5.74, 6) is 0.853. The van der Waals surface area contributed by atoms with Crippen molar-refractivity contribution in [2.24, 2.45) is 7.05 Å². The number of ether oxygens (including phenoxy) is 1. The van der Waals surface area contributed by atoms with Gasteiger partial charge in [0.2, 0.25) is 5.88 Å². The van der Waals surface area contributed by atoms with Crippen LogP contribution in [0.3, 0.4) is 0 Å². The Labute approximate surface area is 85.3 Å². The first-order valence-corrected chi connectivity index (χ1v) is 4.97. The zero-order valence-corrected chi connectivity index (χ0v) is 9.42. The predicted octanol–water partition coefficient (Wildman–Crippen LogP) is 1.24. The SMILES string of the molecule is CCCNCc1c(C)nn(C)c1OC. The number of nitrogens with zero attached hydrogens (tertiary/aromatic N) is 2. The van der Waals surface area contributed by atoms with E-state index in [-0.39, 0.29) is 0 Å². The van der Waals surface area contributed by atoms with E-state index in [2.05, 4.69) is 17.3 Å². The molecule has 1 aromatic rings. The first-order chi connectivity index (χ1) is 6.70. The number of hydrogen-bond acceptors (Lipinski definition) is 3. The van der Waals surface area contributed by atoms with Gasteiger partial charge < -0.3 is 10.1 Å². The molecule has 1 heterocycles. The fourth-order valence-electron chi connectivity index (χ4n) is 1.53. The van der Waals surface area contributed by atoms with Gasteiger partial charge in [-0.15, -0.1) is 0 Å². The van der Waals surface area contributed by atoms with Gasteiger partial charge in [-0.3, -0.25) is 0 Å². The van der Waals surface area contributed by atoms with Crippen LogP contribution in [0.1, 0.15) is 24.6 Å². The van der Waals surface area contributed by atoms with E-state index in [0.717, 1.165) is 36.6 Å². The van der Waals surface area contributed by atoms with E-state index in [1.165, 1.54) is 0 Å². The second-order valence-corrected chi connectivity index (χ2v) is 3.37. The highest BCUT2D eigenvalue weighted by Gasteiger charge is 2.12. The minimum absolute atomic E-state index is 0.830. The molecule has 0 radical (unpaired) electrons. The molecular formula is C10H19N3O. The van der Waals surface area contributed by atoms with E-state index < -0.39 is 0 Å². The predicted molar refractivity (Wildman–Crippen MR) is 56.5 cm³/mol. The zero-order chi connectivity index (χ0) is 10.6. The van der Waals surface area contributed by atoms with Crippen LogP contribution in [0.15, 0.2) is 0 Å². The summed E-state index contributed by atoms with van der Waals surface area (Å²) in [6.45, 7) is 6.01. The molecule has 4 heteroatoms. The van der Waals surface area contributed by atoms with Crippen molar-refractivity contribution in [3.63, 3.8) is 0 Å². The van der Waals surface area contributed by atoms with E-state index >= 15 is 0 Å². The fourth-order valence-corrected chi connectivity index (χ4v) is 1.53. The molecule has 1 aromatic heterocycles. The quantitative estimate of drug-likeness (QED) is 0.722. The molecule has 0 aliphatic heterocycles. The van der Waals surface area contributed by atoms with Gasteiger partial charge in [-0.25, -0.2) is 4.68 Å². The van der Waals surface area contributed by atoms with Crippen molar-refractivity contribution in [3.05, 3.63) is 11.3 Å². The summed E-state index contributed by atoms with van der Waals surface area (Å²) in [5.41, 5.74) is 2.19. The molecule has 80 valence electrons. The van der Waals surface area contributed by atoms with Crippen LogP contribution in [0.5, 0.6) is 5.88 Å². The van der Waals surface area contributed by atoms with Crippen LogP contribution in [-0.4, -0.2) is 23.4 Å². The van der Waals surface area contributed by atoms with Crippen molar-refractivity contribution in [2.45, 2.75) is 26.8 Å². The van der Waals surface area contributed by atoms with Crippen molar-refractivity contribution in [3.8, 4) is 5.88 Å². The van der Waals surface area contributed by atoms with Crippen molar-refractivity contribution in [2.75, 3.05) is 13.7 Å². The number of hydrogen-bond donors (Lipinski definition) is 1. The first kappa shape index (κ1) is 11.0. The zero-order valence-electron chi connectivity index (χ0n) is 9.42. The number of aromatic nitrogens is 2. The molecule has 0 aromatic carbocycles. The molecule has 0 aliphatic carbocycles. The van der Waals surface area contributed by atoms with Gasteiger partial charge >= 0.3 is 0 Å². The second-order valence-electron chi connectivity index (χ2n) is 3.37. The Morgan fingerprint density at radius 1 is 1.50 bits per heavy atom. The topological polar surface area (TPSA) is 39.1 Å². The van der Waals surface area contributed by atoms with Crippen LogP contribution in [-0.2, 0) is 13.6 Å². The van der Waals surface area contributed by atoms with Gasteiger partial charge in [0.25, 0.3) is 0 Å². The molecule has 0 unspecified atom stereocenters. The molecule has 0 saturated carbocycles. The Morgan fingerprint density at radius 2 is 2.21 bits per heavy atom. The lowest BCUT2D eigenvalue weighted by Crippen LogP contribution is -2.14. The molecule has 14 heavy (non-hydrogen) atoms. The highest BCUT2D eigenvalue weighted by Crippen LogP contribution is 2.20. The minimum atomic E-state index is 0.830. The Bertz CT molecular complexity index is 294. The van der Waals surface area contributed by atoms with Gasteiger partial charge in [-0.1, -0.05) is 6.92 Å². The van der Waals surface area contributed by atoms with Crippen LogP contribution in [0, 0.1) is 6.92 Å². The smallest absolute Gasteiger partial charge is 0.216 e. The number of nitrogens with one attached hydrogen (secondary N) is 1. The number of rotatable bonds is 5. The first-order valence-electron chi connectivity index (χ1n) is 4.97. The molecule has 0 aliphatic rings. The molecule has 1 N–H and O–H groups in total. The molecule has 0 amide bonds. The normalized spacial score (nSPS) is 10.6. The molecule has 0 atom stereocenters. The van der Waals surface area contributed by atoms with Gasteiger partial charge in [0.15, 0.2) is 0 Å². The maximum absolute atomic E-state index is 5.29. The molecule has 0 saturated heterocycles. The fraction of sp³-hybridized carbons (Fsp3) is 0.700. The average Bonchev–Trinajstić information content (AvgIpc) is 2.42. The summed E-state index contributed by atoms with van der Waals surface area (Å²) >= 11 is 0. The van der Waals surface area contributed by atoms with E-state index in [0.29, 0.717) is 0 Å². The third kappa shape index (κ3) is 2.26. The molecular weight excluding hydrogens is 178 g/mol. The average molecular weight is 197 g/mol. The van der Waals surface area contributed by atoms with Gasteiger partial charge in [0, 0.05) is 13.6 Å². The molecule has 0 spiro atoms. The summed E-state index contributed by atoms with van der Waals surface area (Å²) < 4.78 is 7.06. The summed E-state index contributed by atoms with van der Waals surface area (Å²) in [6.07, 6.45) is 1.14. The third-order valence-corrected chi connectivity index (χ3v) is 2.21. The minimum Gasteiger partial charge on any atom is -0.481 e. The summed E-state index contributed by atoms with van der Waals surface area (Å²) in [7, 11) is 3.58. The lowest BCUT2D eigenvalue weighted by atomic mass is 10.2. The summed E-state index contributed by atoms with van der Waals surface area (Å²) in [5, 5.41) is 7.66. The van der Waals surface area contributed by atoms with E-state index in [1.807, 2.05) is 14.0 Å². The lowest BCUT2D eigenvalue weighted by molar-refractivity contribution is 0.368. The van der Waals surface area contributed by atoms with E-state index in [4.69, 9.17) is 4.74 Å². The lowest BCUT2D eigenvalue weighted by Gasteiger charge is -2.05. The Balaban J connectivity index is 2.73. The molecule has 0 bridgehead atoms. The maximum Gasteiger partial charge on any atom is 0.216 e. The van der Waals surface area contributed by atoms with Gasteiger partial charge in [-0.2, -0.15) is 5.10 Å². The Morgan fingerprint density at radius 3 is 2.79 bits per heavy atom. The highest BCUT2D eigenvalue weighted by atomic mass is 16.5. The molecule has 1 rings (SSSR count). The molecule has 0 fully saturated rings. The third-order valence-electron chi connectivity index (χ3n) is 2.21. The van der Waals surface area contributed by atoms with E-state index in [9.17, 15) is 0 Å². The Hall–Kier alpha value is -1.03. The van der Waals surface area contributed by atoms with Crippen molar-refractivity contribution < 1.29 is 4.74 Å². The van der Waals surface area contributed by atoms with Crippen LogP contribution in [0.25, 0.3) is 0 Å². The largest absolute Gasteiger partial charge is 0.481 e. The molecule has 4 nitrogen and oxygen atoms in total. The van der Waals surface area contributed by atoms with Crippen molar-refractivity contribution in [1.29, 1.82) is 0 Å². The number of methoxy groups -OCH3 is 1. The van der Waals surface area contributed by atoms with Gasteiger partial charge in [0.05, 0.1) is 18.4 Å². The van der Waals surface area contributed by atoms with Crippen molar-refractivity contribution in [1.82, 2.24) is 15.1 Å². The van der Waals surface area contributed by atoms with Crippen LogP contribution in [0.2, 0.25) is 0 Å². The van der Waals surface area contributed by atoms with Crippen LogP contribution >= 0.6 is 0 Å². The van der Waals surface area contributed by atoms with Gasteiger partial charge in [-0.05, 0) is 19.9 Å². The van der Waals surface area contributed by atoms with Gasteiger partial charge in [0.1, 0.15) is 0 Å². The summed E-state index contributed by atoms with van der Waals surface area (Å²) in [6, 6.07) is 0. The van der Waals surface area contributed by atoms with Crippen LogP contribution < -0.4 is 10.1 Å². The van der Waals surface area contributed by atoms with E-state index in [1.54, 1.807) is 11.8 Å². The maximum atomic E-state index is 5.29. The number of aryl methyl sites for hydroxylation is 2. The Kier molecular flexibility index (Phi) is 3.95. The highest BCUT2D eigenvalue weighted by molar-refractivity contribution is 5.30. The standard InChI is InChI=1S/C10H19N3O/c1-5-6-11-7-9-8(2)12-13(3)10(9)14-4/h11H,5-7H2,1-4H3. The monoisotopic (exact) mass is 197 g/mol. The van der Waals surface area contributed by atoms with Crippen LogP contribution in [0.4, 0.5) is 0 Å². The second kappa shape index (κ2) is 5.00. The summed E-state index contributed by atoms with van der Waals surface area (Å²) in [4.78, 5) is 0. The van der Waals surface area contributed by atoms with Crippen molar-refractivity contribution >= 4 is 0 Å².